The topological polar surface area (TPSA) is 276 Å². The highest BCUT2D eigenvalue weighted by atomic mass is 32.2. The van der Waals surface area contributed by atoms with Crippen LogP contribution in [0.4, 0.5) is 22.2 Å². The first-order valence-corrected chi connectivity index (χ1v) is 28.0. The number of amides is 5. The van der Waals surface area contributed by atoms with Crippen molar-refractivity contribution >= 4 is 67.9 Å². The number of hydrogen-bond acceptors (Lipinski definition) is 16. The number of sulfone groups is 1. The van der Waals surface area contributed by atoms with Gasteiger partial charge < -0.3 is 45.4 Å². The fourth-order valence-corrected chi connectivity index (χ4v) is 11.5. The number of carbonyl (C=O) groups excluding carboxylic acids is 5. The van der Waals surface area contributed by atoms with Crippen LogP contribution < -0.4 is 30.9 Å². The van der Waals surface area contributed by atoms with Crippen LogP contribution in [0.1, 0.15) is 98.7 Å². The Labute approximate surface area is 458 Å². The summed E-state index contributed by atoms with van der Waals surface area (Å²) in [6.07, 6.45) is 4.78. The lowest BCUT2D eigenvalue weighted by Crippen LogP contribution is -2.62. The second-order valence-electron chi connectivity index (χ2n) is 21.3. The van der Waals surface area contributed by atoms with Crippen LogP contribution in [0.25, 0.3) is 10.9 Å². The molecule has 4 atom stereocenters. The third-order valence-electron chi connectivity index (χ3n) is 15.1. The summed E-state index contributed by atoms with van der Waals surface area (Å²) in [6, 6.07) is 19.2. The quantitative estimate of drug-likeness (QED) is 0.0823. The van der Waals surface area contributed by atoms with E-state index in [2.05, 4.69) is 56.3 Å². The van der Waals surface area contributed by atoms with Crippen molar-refractivity contribution in [1.29, 1.82) is 0 Å². The zero-order valence-electron chi connectivity index (χ0n) is 45.4. The summed E-state index contributed by atoms with van der Waals surface area (Å²) in [5, 5.41) is 19.2. The van der Waals surface area contributed by atoms with Crippen LogP contribution in [0.2, 0.25) is 0 Å². The van der Waals surface area contributed by atoms with Gasteiger partial charge in [-0.1, -0.05) is 60.7 Å². The number of aromatic amines is 1. The van der Waals surface area contributed by atoms with E-state index in [1.54, 1.807) is 37.8 Å². The van der Waals surface area contributed by atoms with Crippen molar-refractivity contribution in [3.63, 3.8) is 0 Å². The number of anilines is 3. The molecule has 5 amide bonds. The van der Waals surface area contributed by atoms with E-state index >= 15 is 0 Å². The number of benzene rings is 3. The molecule has 9 rings (SSSR count). The average Bonchev–Trinajstić information content (AvgIpc) is 4.10. The molecule has 0 spiro atoms. The molecule has 0 bridgehead atoms. The largest absolute Gasteiger partial charge is 0.492 e. The number of rotatable bonds is 15. The summed E-state index contributed by atoms with van der Waals surface area (Å²) >= 11 is 0. The predicted octanol–water partition coefficient (Wildman–Crippen LogP) is 5.71. The van der Waals surface area contributed by atoms with Crippen LogP contribution in [-0.4, -0.2) is 147 Å². The molecule has 3 saturated heterocycles. The lowest BCUT2D eigenvalue weighted by Gasteiger charge is -2.39. The van der Waals surface area contributed by atoms with Gasteiger partial charge in [0.2, 0.25) is 11.8 Å². The Balaban J connectivity index is 0.868. The molecule has 0 radical (unpaired) electrons. The van der Waals surface area contributed by atoms with Crippen molar-refractivity contribution in [2.45, 2.75) is 114 Å². The molecule has 416 valence electrons. The Hall–Kier alpha value is -8.21. The number of ether oxygens (including phenoxy) is 2. The maximum Gasteiger partial charge on any atom is 0.407 e. The van der Waals surface area contributed by atoms with E-state index in [-0.39, 0.29) is 47.9 Å². The number of H-pyrrole nitrogens is 1. The lowest BCUT2D eigenvalue weighted by atomic mass is 9.98. The van der Waals surface area contributed by atoms with Crippen LogP contribution in [-0.2, 0) is 29.0 Å². The van der Waals surface area contributed by atoms with Crippen molar-refractivity contribution in [3.8, 4) is 5.75 Å². The van der Waals surface area contributed by atoms with Gasteiger partial charge in [0, 0.05) is 55.4 Å². The van der Waals surface area contributed by atoms with E-state index in [0.717, 1.165) is 22.4 Å². The normalized spacial score (nSPS) is 18.6. The second-order valence-corrected chi connectivity index (χ2v) is 23.9. The molecule has 22 nitrogen and oxygen atoms in total. The molecule has 79 heavy (non-hydrogen) atoms. The molecule has 6 heterocycles. The molecular formula is C56H67N13O9S. The standard InChI is InChI=1S/C56H67N13O9S/c1-33-34(2)65-66-49(33)64-50-40-26-46(79(75,76)56(4,5)6)45(27-41(40)60-32-61-50)77-31-36-20-23-67(24-21-36)47-29-58-42(28-59-47)53(72)68-25-22-39-18-19-44(69(39)54(73)43(30-68)62-51(70)35(3)78-55(74)57-7)52(71)63-48(37-14-10-8-11-15-37)38-16-12-9-13-17-38/h8-17,26-29,32,35-36,39,43-44,48H,18-25,30-31H2,1-7H3,(H,57,74)(H,62,70)(H,63,71)(H2,60,61,64,65,66)/t35-,39+,43-,44-/m0/s1. The van der Waals surface area contributed by atoms with Gasteiger partial charge in [-0.05, 0) is 96.8 Å². The minimum Gasteiger partial charge on any atom is -0.492 e. The number of nitrogens with zero attached hydrogens (tertiary/aromatic N) is 8. The molecule has 3 aliphatic heterocycles. The van der Waals surface area contributed by atoms with Crippen LogP contribution >= 0.6 is 0 Å². The zero-order valence-corrected chi connectivity index (χ0v) is 46.2. The molecule has 3 aromatic heterocycles. The Morgan fingerprint density at radius 3 is 2.16 bits per heavy atom. The van der Waals surface area contributed by atoms with Gasteiger partial charge in [0.15, 0.2) is 21.8 Å². The van der Waals surface area contributed by atoms with E-state index in [4.69, 9.17) is 9.47 Å². The zero-order chi connectivity index (χ0) is 56.2. The smallest absolute Gasteiger partial charge is 0.407 e. The monoisotopic (exact) mass is 1100 g/mol. The van der Waals surface area contributed by atoms with Gasteiger partial charge in [0.1, 0.15) is 46.4 Å². The molecule has 0 unspecified atom stereocenters. The van der Waals surface area contributed by atoms with E-state index in [1.807, 2.05) is 74.5 Å². The number of fused-ring (bicyclic) bond motifs is 2. The number of carbonyl (C=O) groups is 5. The van der Waals surface area contributed by atoms with Crippen molar-refractivity contribution in [3.05, 3.63) is 120 Å². The molecule has 23 heteroatoms. The van der Waals surface area contributed by atoms with Crippen molar-refractivity contribution < 1.29 is 41.9 Å². The third-order valence-corrected chi connectivity index (χ3v) is 17.6. The number of piperidine rings is 1. The summed E-state index contributed by atoms with van der Waals surface area (Å²) < 4.78 is 38.7. The number of alkyl carbamates (subject to hydrolysis) is 1. The number of nitrogens with one attached hydrogen (secondary N) is 5. The molecule has 6 aromatic rings. The first-order valence-electron chi connectivity index (χ1n) is 26.5. The molecule has 5 N–H and O–H groups in total. The Kier molecular flexibility index (Phi) is 16.5. The Morgan fingerprint density at radius 2 is 1.54 bits per heavy atom. The first-order chi connectivity index (χ1) is 37.8. The van der Waals surface area contributed by atoms with Gasteiger partial charge in [-0.3, -0.25) is 24.3 Å². The lowest BCUT2D eigenvalue weighted by molar-refractivity contribution is -0.145. The summed E-state index contributed by atoms with van der Waals surface area (Å²) in [7, 11) is -2.54. The second kappa shape index (κ2) is 23.4. The van der Waals surface area contributed by atoms with Crippen LogP contribution in [0.15, 0.2) is 96.4 Å². The van der Waals surface area contributed by atoms with Gasteiger partial charge >= 0.3 is 6.09 Å². The van der Waals surface area contributed by atoms with E-state index in [0.29, 0.717) is 73.6 Å². The number of aromatic nitrogens is 6. The number of aryl methyl sites for hydroxylation is 1. The fourth-order valence-electron chi connectivity index (χ4n) is 10.2. The van der Waals surface area contributed by atoms with E-state index < -0.39 is 68.7 Å². The van der Waals surface area contributed by atoms with Gasteiger partial charge in [0.05, 0.1) is 41.9 Å². The van der Waals surface area contributed by atoms with Crippen LogP contribution in [0.3, 0.4) is 0 Å². The molecule has 3 aromatic carbocycles. The summed E-state index contributed by atoms with van der Waals surface area (Å²) in [5.74, 6) is -0.359. The Bertz CT molecular complexity index is 3270. The highest BCUT2D eigenvalue weighted by molar-refractivity contribution is 7.92. The fraction of sp³-hybridized carbons (Fsp3) is 0.429. The highest BCUT2D eigenvalue weighted by Gasteiger charge is 2.46. The van der Waals surface area contributed by atoms with Crippen LogP contribution in [0.5, 0.6) is 5.75 Å². The van der Waals surface area contributed by atoms with Gasteiger partial charge in [0.25, 0.3) is 11.8 Å². The van der Waals surface area contributed by atoms with Crippen molar-refractivity contribution in [1.82, 2.24) is 55.9 Å². The van der Waals surface area contributed by atoms with Gasteiger partial charge in [-0.2, -0.15) is 5.10 Å². The number of hydrogen-bond donors (Lipinski definition) is 5. The molecule has 3 aliphatic rings. The summed E-state index contributed by atoms with van der Waals surface area (Å²) in [4.78, 5) is 92.5. The molecule has 0 aliphatic carbocycles. The Morgan fingerprint density at radius 1 is 0.848 bits per heavy atom. The molecule has 0 saturated carbocycles. The maximum atomic E-state index is 14.8. The maximum absolute atomic E-state index is 14.8. The molecule has 3 fully saturated rings. The summed E-state index contributed by atoms with van der Waals surface area (Å²) in [6.45, 7) is 11.5. The van der Waals surface area contributed by atoms with E-state index in [9.17, 15) is 32.4 Å². The SMILES string of the molecule is CNC(=O)O[C@@H](C)C(=O)N[C@H]1CN(C(=O)c2cnc(N3CCC(COc4cc5ncnc(Nc6n[nH]c(C)c6C)c5cc4S(=O)(=O)C(C)(C)C)CC3)cn2)CC[C@H]2CC[C@@H](C(=O)NC(c3ccccc3)c3ccccc3)N2C1=O. The van der Waals surface area contributed by atoms with Crippen LogP contribution in [0, 0.1) is 19.8 Å². The van der Waals surface area contributed by atoms with Gasteiger partial charge in [-0.25, -0.2) is 33.1 Å². The summed E-state index contributed by atoms with van der Waals surface area (Å²) in [5.41, 5.74) is 4.05. The van der Waals surface area contributed by atoms with Crippen molar-refractivity contribution in [2.24, 2.45) is 5.92 Å². The molecular weight excluding hydrogens is 1030 g/mol. The highest BCUT2D eigenvalue weighted by Crippen LogP contribution is 2.38. The first kappa shape index (κ1) is 55.5. The van der Waals surface area contributed by atoms with E-state index in [1.165, 1.54) is 37.6 Å². The minimum absolute atomic E-state index is 0.0331. The van der Waals surface area contributed by atoms with Gasteiger partial charge in [-0.15, -0.1) is 0 Å². The minimum atomic E-state index is -3.90. The third kappa shape index (κ3) is 12.1. The van der Waals surface area contributed by atoms with Crippen molar-refractivity contribution in [2.75, 3.05) is 50.1 Å². The average molecular weight is 1100 g/mol. The predicted molar refractivity (Wildman–Crippen MR) is 294 cm³/mol.